The van der Waals surface area contributed by atoms with Crippen LogP contribution < -0.4 is 5.32 Å². The average molecular weight is 445 g/mol. The van der Waals surface area contributed by atoms with Crippen molar-refractivity contribution in [3.05, 3.63) is 53.3 Å². The van der Waals surface area contributed by atoms with Crippen LogP contribution in [0.25, 0.3) is 5.69 Å². The molecule has 158 valence electrons. The van der Waals surface area contributed by atoms with Crippen LogP contribution in [0.2, 0.25) is 0 Å². The molecule has 0 aliphatic rings. The van der Waals surface area contributed by atoms with E-state index in [1.807, 2.05) is 10.8 Å². The third kappa shape index (κ3) is 5.93. The van der Waals surface area contributed by atoms with Crippen molar-refractivity contribution in [2.45, 2.75) is 38.3 Å². The minimum absolute atomic E-state index is 0.0992. The number of aromatic nitrogens is 3. The average Bonchev–Trinajstić information content (AvgIpc) is 3.36. The molecule has 3 aromatic rings. The fraction of sp³-hybridized carbons (Fsp3) is 0.333. The minimum atomic E-state index is -0.329. The number of thioether (sulfide) groups is 1. The lowest BCUT2D eigenvalue weighted by Crippen LogP contribution is -2.14. The molecule has 30 heavy (non-hydrogen) atoms. The number of nitrogens with zero attached hydrogens (tertiary/aromatic N) is 3. The number of thiazole rings is 1. The summed E-state index contributed by atoms with van der Waals surface area (Å²) in [7, 11) is 0. The third-order valence-electron chi connectivity index (χ3n) is 4.21. The fourth-order valence-corrected chi connectivity index (χ4v) is 4.20. The van der Waals surface area contributed by atoms with Crippen molar-refractivity contribution >= 4 is 40.1 Å². The maximum atomic E-state index is 12.3. The highest BCUT2D eigenvalue weighted by Crippen LogP contribution is 2.23. The van der Waals surface area contributed by atoms with E-state index in [0.29, 0.717) is 23.4 Å². The standard InChI is InChI=1S/C21H24N4O3S2/c1-4-28-19(27)11-16-12-29-20(23-16)24-18(26)13-30-21-22-9-10-25(21)17-7-5-15(6-8-17)14(2)3/h5-10,12,14H,4,11,13H2,1-3H3,(H,23,24,26). The zero-order chi connectivity index (χ0) is 21.5. The summed E-state index contributed by atoms with van der Waals surface area (Å²) in [4.78, 5) is 32.5. The molecule has 0 saturated heterocycles. The van der Waals surface area contributed by atoms with Crippen LogP contribution in [0.15, 0.2) is 47.2 Å². The molecule has 1 amide bonds. The summed E-state index contributed by atoms with van der Waals surface area (Å²) < 4.78 is 6.87. The lowest BCUT2D eigenvalue weighted by Gasteiger charge is -2.10. The molecule has 0 unspecified atom stereocenters. The van der Waals surface area contributed by atoms with Crippen LogP contribution in [-0.2, 0) is 20.7 Å². The van der Waals surface area contributed by atoms with Gasteiger partial charge in [0.05, 0.1) is 24.5 Å². The first kappa shape index (κ1) is 22.0. The second kappa shape index (κ2) is 10.4. The van der Waals surface area contributed by atoms with Crippen molar-refractivity contribution in [1.82, 2.24) is 14.5 Å². The van der Waals surface area contributed by atoms with Crippen LogP contribution in [0.1, 0.15) is 37.9 Å². The van der Waals surface area contributed by atoms with Gasteiger partial charge in [-0.3, -0.25) is 14.2 Å². The number of benzene rings is 1. The zero-order valence-electron chi connectivity index (χ0n) is 17.1. The Kier molecular flexibility index (Phi) is 7.64. The quantitative estimate of drug-likeness (QED) is 0.391. The van der Waals surface area contributed by atoms with Crippen molar-refractivity contribution in [2.75, 3.05) is 17.7 Å². The van der Waals surface area contributed by atoms with Gasteiger partial charge >= 0.3 is 5.97 Å². The number of rotatable bonds is 9. The van der Waals surface area contributed by atoms with E-state index >= 15 is 0 Å². The number of esters is 1. The van der Waals surface area contributed by atoms with Gasteiger partial charge in [0.15, 0.2) is 10.3 Å². The Morgan fingerprint density at radius 2 is 2.03 bits per heavy atom. The number of anilines is 1. The van der Waals surface area contributed by atoms with Gasteiger partial charge in [0.2, 0.25) is 5.91 Å². The van der Waals surface area contributed by atoms with E-state index in [1.54, 1.807) is 18.5 Å². The summed E-state index contributed by atoms with van der Waals surface area (Å²) in [6, 6.07) is 8.33. The Labute approximate surface area is 183 Å². The Morgan fingerprint density at radius 3 is 2.73 bits per heavy atom. The van der Waals surface area contributed by atoms with Crippen molar-refractivity contribution in [3.8, 4) is 5.69 Å². The predicted octanol–water partition coefficient (Wildman–Crippen LogP) is 4.29. The first-order valence-corrected chi connectivity index (χ1v) is 11.5. The van der Waals surface area contributed by atoms with Gasteiger partial charge < -0.3 is 10.1 Å². The summed E-state index contributed by atoms with van der Waals surface area (Å²) in [5.74, 6) is 0.169. The SMILES string of the molecule is CCOC(=O)Cc1csc(NC(=O)CSc2nccn2-c2ccc(C(C)C)cc2)n1. The molecule has 0 bridgehead atoms. The first-order valence-electron chi connectivity index (χ1n) is 9.62. The van der Waals surface area contributed by atoms with Gasteiger partial charge in [0.1, 0.15) is 0 Å². The van der Waals surface area contributed by atoms with Crippen LogP contribution in [-0.4, -0.2) is 38.8 Å². The number of hydrogen-bond acceptors (Lipinski definition) is 7. The zero-order valence-corrected chi connectivity index (χ0v) is 18.8. The van der Waals surface area contributed by atoms with Crippen LogP contribution in [0.3, 0.4) is 0 Å². The molecule has 0 aliphatic heterocycles. The van der Waals surface area contributed by atoms with E-state index in [-0.39, 0.29) is 24.1 Å². The van der Waals surface area contributed by atoms with E-state index in [9.17, 15) is 9.59 Å². The summed E-state index contributed by atoms with van der Waals surface area (Å²) >= 11 is 2.64. The molecular formula is C21H24N4O3S2. The molecule has 1 N–H and O–H groups in total. The van der Waals surface area contributed by atoms with Gasteiger partial charge in [-0.1, -0.05) is 37.7 Å². The largest absolute Gasteiger partial charge is 0.466 e. The molecular weight excluding hydrogens is 420 g/mol. The molecule has 2 aromatic heterocycles. The molecule has 7 nitrogen and oxygen atoms in total. The van der Waals surface area contributed by atoms with E-state index in [4.69, 9.17) is 4.74 Å². The van der Waals surface area contributed by atoms with Crippen molar-refractivity contribution < 1.29 is 14.3 Å². The molecule has 0 radical (unpaired) electrons. The maximum Gasteiger partial charge on any atom is 0.311 e. The third-order valence-corrected chi connectivity index (χ3v) is 5.98. The van der Waals surface area contributed by atoms with Gasteiger partial charge in [-0.25, -0.2) is 9.97 Å². The molecule has 0 spiro atoms. The molecule has 1 aromatic carbocycles. The Hall–Kier alpha value is -2.65. The van der Waals surface area contributed by atoms with Crippen molar-refractivity contribution in [3.63, 3.8) is 0 Å². The number of hydrogen-bond donors (Lipinski definition) is 1. The number of carbonyl (C=O) groups excluding carboxylic acids is 2. The second-order valence-corrected chi connectivity index (χ2v) is 8.59. The van der Waals surface area contributed by atoms with Gasteiger partial charge in [-0.15, -0.1) is 11.3 Å². The Bertz CT molecular complexity index is 996. The van der Waals surface area contributed by atoms with E-state index in [2.05, 4.69) is 53.4 Å². The highest BCUT2D eigenvalue weighted by molar-refractivity contribution is 7.99. The van der Waals surface area contributed by atoms with E-state index < -0.39 is 0 Å². The van der Waals surface area contributed by atoms with Crippen molar-refractivity contribution in [2.24, 2.45) is 0 Å². The molecule has 2 heterocycles. The van der Waals surface area contributed by atoms with Gasteiger partial charge in [-0.05, 0) is 30.5 Å². The summed E-state index contributed by atoms with van der Waals surface area (Å²) in [5, 5.41) is 5.72. The van der Waals surface area contributed by atoms with Gasteiger partial charge in [-0.2, -0.15) is 0 Å². The predicted molar refractivity (Wildman–Crippen MR) is 119 cm³/mol. The van der Waals surface area contributed by atoms with Crippen LogP contribution in [0.5, 0.6) is 0 Å². The maximum absolute atomic E-state index is 12.3. The van der Waals surface area contributed by atoms with E-state index in [1.165, 1.54) is 28.7 Å². The Morgan fingerprint density at radius 1 is 1.27 bits per heavy atom. The summed E-state index contributed by atoms with van der Waals surface area (Å²) in [5.41, 5.74) is 2.86. The normalized spacial score (nSPS) is 10.9. The van der Waals surface area contributed by atoms with Gasteiger partial charge in [0.25, 0.3) is 0 Å². The smallest absolute Gasteiger partial charge is 0.311 e. The highest BCUT2D eigenvalue weighted by Gasteiger charge is 2.13. The Balaban J connectivity index is 1.55. The number of carbonyl (C=O) groups is 2. The van der Waals surface area contributed by atoms with E-state index in [0.717, 1.165) is 10.8 Å². The number of amides is 1. The topological polar surface area (TPSA) is 86.1 Å². The minimum Gasteiger partial charge on any atom is -0.466 e. The summed E-state index contributed by atoms with van der Waals surface area (Å²) in [6.07, 6.45) is 3.70. The second-order valence-electron chi connectivity index (χ2n) is 6.79. The monoisotopic (exact) mass is 444 g/mol. The first-order chi connectivity index (χ1) is 14.5. The molecule has 0 fully saturated rings. The van der Waals surface area contributed by atoms with Crippen LogP contribution >= 0.6 is 23.1 Å². The molecule has 3 rings (SSSR count). The lowest BCUT2D eigenvalue weighted by atomic mass is 10.0. The van der Waals surface area contributed by atoms with Crippen molar-refractivity contribution in [1.29, 1.82) is 0 Å². The number of imidazole rings is 1. The lowest BCUT2D eigenvalue weighted by molar-refractivity contribution is -0.142. The molecule has 9 heteroatoms. The molecule has 0 aliphatic carbocycles. The molecule has 0 saturated carbocycles. The van der Waals surface area contributed by atoms with Crippen LogP contribution in [0.4, 0.5) is 5.13 Å². The number of ether oxygens (including phenoxy) is 1. The van der Waals surface area contributed by atoms with Gasteiger partial charge in [0, 0.05) is 23.5 Å². The summed E-state index contributed by atoms with van der Waals surface area (Å²) in [6.45, 7) is 6.42. The molecule has 0 atom stereocenters. The number of nitrogens with one attached hydrogen (secondary N) is 1. The fourth-order valence-electron chi connectivity index (χ4n) is 2.70. The highest BCUT2D eigenvalue weighted by atomic mass is 32.2. The van der Waals surface area contributed by atoms with Crippen LogP contribution in [0, 0.1) is 0 Å².